The summed E-state index contributed by atoms with van der Waals surface area (Å²) in [6.07, 6.45) is -2.76. The Labute approximate surface area is 51.5 Å². The van der Waals surface area contributed by atoms with Crippen LogP contribution in [0.2, 0.25) is 0 Å². The molecule has 0 aromatic heterocycles. The summed E-state index contributed by atoms with van der Waals surface area (Å²) in [5.74, 6) is -2.92. The predicted octanol–water partition coefficient (Wildman–Crippen LogP) is 1.36. The minimum atomic E-state index is -2.74. The lowest BCUT2D eigenvalue weighted by molar-refractivity contribution is -0.147. The minimum absolute atomic E-state index is 0.0208. The molecule has 0 bridgehead atoms. The van der Waals surface area contributed by atoms with E-state index < -0.39 is 18.3 Å². The molecule has 4 heteroatoms. The van der Waals surface area contributed by atoms with Crippen LogP contribution in [0, 0.1) is 5.92 Å². The molecule has 9 heavy (non-hydrogen) atoms. The van der Waals surface area contributed by atoms with Gasteiger partial charge in [0.2, 0.25) is 0 Å². The Hall–Kier alpha value is -0.670. The number of hydrogen-bond acceptors (Lipinski definition) is 1. The molecule has 1 N–H and O–H groups in total. The summed E-state index contributed by atoms with van der Waals surface area (Å²) in [5, 5.41) is 8.06. The van der Waals surface area contributed by atoms with E-state index in [1.54, 1.807) is 0 Å². The molecule has 0 aliphatic rings. The molecule has 0 aliphatic carbocycles. The van der Waals surface area contributed by atoms with E-state index in [4.69, 9.17) is 5.11 Å². The molecule has 0 spiro atoms. The van der Waals surface area contributed by atoms with Gasteiger partial charge >= 0.3 is 5.97 Å². The number of hydrogen-bond donors (Lipinski definition) is 1. The lowest BCUT2D eigenvalue weighted by Crippen LogP contribution is -2.20. The Morgan fingerprint density at radius 2 is 2.11 bits per heavy atom. The van der Waals surface area contributed by atoms with Gasteiger partial charge in [-0.3, -0.25) is 4.79 Å². The first-order valence-electron chi connectivity index (χ1n) is 2.60. The summed E-state index contributed by atoms with van der Waals surface area (Å²) in [4.78, 5) is 9.89. The highest BCUT2D eigenvalue weighted by Crippen LogP contribution is 2.12. The molecule has 0 aliphatic heterocycles. The van der Waals surface area contributed by atoms with Crippen LogP contribution in [0.5, 0.6) is 0 Å². The molecule has 0 saturated carbocycles. The first kappa shape index (κ1) is 8.33. The fraction of sp³-hybridized carbons (Fsp3) is 0.800. The van der Waals surface area contributed by atoms with Crippen LogP contribution in [-0.2, 0) is 4.79 Å². The number of alkyl halides is 2. The SMILES string of the molecule is CCC(C(=O)O)C(F)F. The van der Waals surface area contributed by atoms with Gasteiger partial charge in [0.05, 0.1) is 0 Å². The van der Waals surface area contributed by atoms with Crippen molar-refractivity contribution in [1.29, 1.82) is 0 Å². The van der Waals surface area contributed by atoms with Crippen LogP contribution in [0.1, 0.15) is 13.3 Å². The van der Waals surface area contributed by atoms with Gasteiger partial charge in [0.25, 0.3) is 6.43 Å². The molecule has 0 aromatic rings. The zero-order valence-electron chi connectivity index (χ0n) is 4.97. The maximum absolute atomic E-state index is 11.6. The summed E-state index contributed by atoms with van der Waals surface area (Å²) < 4.78 is 23.1. The first-order valence-corrected chi connectivity index (χ1v) is 2.60. The topological polar surface area (TPSA) is 37.3 Å². The van der Waals surface area contributed by atoms with Gasteiger partial charge in [-0.1, -0.05) is 6.92 Å². The van der Waals surface area contributed by atoms with Crippen LogP contribution in [0.3, 0.4) is 0 Å². The van der Waals surface area contributed by atoms with Crippen LogP contribution < -0.4 is 0 Å². The van der Waals surface area contributed by atoms with Crippen LogP contribution >= 0.6 is 0 Å². The summed E-state index contributed by atoms with van der Waals surface area (Å²) >= 11 is 0. The van der Waals surface area contributed by atoms with Crippen molar-refractivity contribution >= 4 is 5.97 Å². The van der Waals surface area contributed by atoms with E-state index in [1.807, 2.05) is 0 Å². The van der Waals surface area contributed by atoms with Gasteiger partial charge in [-0.05, 0) is 6.42 Å². The number of halogens is 2. The first-order chi connectivity index (χ1) is 4.09. The molecule has 0 saturated heterocycles. The lowest BCUT2D eigenvalue weighted by atomic mass is 10.1. The number of aliphatic carboxylic acids is 1. The largest absolute Gasteiger partial charge is 0.481 e. The molecule has 0 amide bonds. The Kier molecular flexibility index (Phi) is 3.12. The Morgan fingerprint density at radius 1 is 1.67 bits per heavy atom. The normalized spacial score (nSPS) is 13.8. The second kappa shape index (κ2) is 3.37. The van der Waals surface area contributed by atoms with Crippen LogP contribution in [0.15, 0.2) is 0 Å². The van der Waals surface area contributed by atoms with Gasteiger partial charge < -0.3 is 5.11 Å². The average Bonchev–Trinajstić information content (AvgIpc) is 1.64. The molecule has 1 unspecified atom stereocenters. The van der Waals surface area contributed by atoms with E-state index in [2.05, 4.69) is 0 Å². The van der Waals surface area contributed by atoms with Gasteiger partial charge in [-0.25, -0.2) is 8.78 Å². The maximum atomic E-state index is 11.6. The molecular weight excluding hydrogens is 130 g/mol. The number of rotatable bonds is 3. The van der Waals surface area contributed by atoms with Crippen LogP contribution in [0.25, 0.3) is 0 Å². The van der Waals surface area contributed by atoms with Crippen molar-refractivity contribution in [3.05, 3.63) is 0 Å². The van der Waals surface area contributed by atoms with E-state index >= 15 is 0 Å². The van der Waals surface area contributed by atoms with Gasteiger partial charge in [0.15, 0.2) is 0 Å². The maximum Gasteiger partial charge on any atom is 0.312 e. The summed E-state index contributed by atoms with van der Waals surface area (Å²) in [5.41, 5.74) is 0. The monoisotopic (exact) mass is 138 g/mol. The third-order valence-electron chi connectivity index (χ3n) is 1.06. The number of carbonyl (C=O) groups is 1. The second-order valence-corrected chi connectivity index (χ2v) is 1.69. The molecule has 0 rings (SSSR count). The molecule has 0 fully saturated rings. The second-order valence-electron chi connectivity index (χ2n) is 1.69. The Bertz CT molecular complexity index is 103. The van der Waals surface area contributed by atoms with E-state index in [0.717, 1.165) is 0 Å². The molecule has 0 heterocycles. The highest BCUT2D eigenvalue weighted by molar-refractivity contribution is 5.70. The highest BCUT2D eigenvalue weighted by Gasteiger charge is 2.25. The molecule has 54 valence electrons. The van der Waals surface area contributed by atoms with Crippen molar-refractivity contribution in [1.82, 2.24) is 0 Å². The zero-order chi connectivity index (χ0) is 7.44. The summed E-state index contributed by atoms with van der Waals surface area (Å²) in [6, 6.07) is 0. The van der Waals surface area contributed by atoms with E-state index in [9.17, 15) is 13.6 Å². The number of carboxylic acids is 1. The van der Waals surface area contributed by atoms with Crippen molar-refractivity contribution in [3.8, 4) is 0 Å². The molecular formula is C5H8F2O2. The van der Waals surface area contributed by atoms with Crippen molar-refractivity contribution in [3.63, 3.8) is 0 Å². The zero-order valence-corrected chi connectivity index (χ0v) is 4.97. The van der Waals surface area contributed by atoms with E-state index in [1.165, 1.54) is 6.92 Å². The van der Waals surface area contributed by atoms with Gasteiger partial charge in [0.1, 0.15) is 5.92 Å². The Balaban J connectivity index is 3.83. The quantitative estimate of drug-likeness (QED) is 0.639. The standard InChI is InChI=1S/C5H8F2O2/c1-2-3(4(6)7)5(8)9/h3-4H,2H2,1H3,(H,8,9). The van der Waals surface area contributed by atoms with Crippen molar-refractivity contribution in [2.45, 2.75) is 19.8 Å². The van der Waals surface area contributed by atoms with Gasteiger partial charge in [-0.2, -0.15) is 0 Å². The summed E-state index contributed by atoms with van der Waals surface area (Å²) in [7, 11) is 0. The Morgan fingerprint density at radius 3 is 2.11 bits per heavy atom. The molecule has 2 nitrogen and oxygen atoms in total. The third-order valence-corrected chi connectivity index (χ3v) is 1.06. The predicted molar refractivity (Wildman–Crippen MR) is 27.4 cm³/mol. The highest BCUT2D eigenvalue weighted by atomic mass is 19.3. The van der Waals surface area contributed by atoms with Crippen molar-refractivity contribution < 1.29 is 18.7 Å². The van der Waals surface area contributed by atoms with E-state index in [0.29, 0.717) is 0 Å². The van der Waals surface area contributed by atoms with Gasteiger partial charge in [0, 0.05) is 0 Å². The summed E-state index contributed by atoms with van der Waals surface area (Å²) in [6.45, 7) is 1.42. The number of carboxylic acid groups (broad SMARTS) is 1. The molecule has 0 aromatic carbocycles. The van der Waals surface area contributed by atoms with Crippen molar-refractivity contribution in [2.24, 2.45) is 5.92 Å². The molecule has 1 atom stereocenters. The smallest absolute Gasteiger partial charge is 0.312 e. The molecule has 0 radical (unpaired) electrons. The van der Waals surface area contributed by atoms with Gasteiger partial charge in [-0.15, -0.1) is 0 Å². The van der Waals surface area contributed by atoms with E-state index in [-0.39, 0.29) is 6.42 Å². The lowest BCUT2D eigenvalue weighted by Gasteiger charge is -2.05. The van der Waals surface area contributed by atoms with Crippen molar-refractivity contribution in [2.75, 3.05) is 0 Å². The average molecular weight is 138 g/mol. The third kappa shape index (κ3) is 2.39. The van der Waals surface area contributed by atoms with Crippen LogP contribution in [0.4, 0.5) is 8.78 Å². The minimum Gasteiger partial charge on any atom is -0.481 e. The van der Waals surface area contributed by atoms with Crippen LogP contribution in [-0.4, -0.2) is 17.5 Å². The fourth-order valence-electron chi connectivity index (χ4n) is 0.461. The fourth-order valence-corrected chi connectivity index (χ4v) is 0.461.